The fourth-order valence-corrected chi connectivity index (χ4v) is 3.71. The zero-order valence-corrected chi connectivity index (χ0v) is 10.8. The van der Waals surface area contributed by atoms with E-state index in [1.807, 2.05) is 11.8 Å². The van der Waals surface area contributed by atoms with Crippen LogP contribution in [0.4, 0.5) is 0 Å². The minimum Gasteiger partial charge on any atom is -0.298 e. The lowest BCUT2D eigenvalue weighted by Crippen LogP contribution is -2.24. The number of nitrogens with one attached hydrogen (secondary N) is 1. The minimum absolute atomic E-state index is 0.476. The van der Waals surface area contributed by atoms with Crippen LogP contribution < -0.4 is 5.32 Å². The third-order valence-corrected chi connectivity index (χ3v) is 4.76. The van der Waals surface area contributed by atoms with Crippen molar-refractivity contribution in [3.8, 4) is 0 Å². The smallest absolute Gasteiger partial charge is 0.0792 e. The summed E-state index contributed by atoms with van der Waals surface area (Å²) < 4.78 is 0. The molecular formula is C15H17NS. The molecule has 0 aromatic heterocycles. The highest BCUT2D eigenvalue weighted by molar-refractivity contribution is 7.99. The Kier molecular flexibility index (Phi) is 3.08. The molecule has 1 heterocycles. The monoisotopic (exact) mass is 243 g/mol. The number of fused-ring (bicyclic) bond motifs is 1. The van der Waals surface area contributed by atoms with Gasteiger partial charge >= 0.3 is 0 Å². The zero-order valence-electron chi connectivity index (χ0n) is 10.0. The summed E-state index contributed by atoms with van der Waals surface area (Å²) in [5.74, 6) is 1.23. The second-order valence-corrected chi connectivity index (χ2v) is 5.73. The van der Waals surface area contributed by atoms with Crippen molar-refractivity contribution in [3.05, 3.63) is 48.0 Å². The molecule has 1 fully saturated rings. The van der Waals surface area contributed by atoms with Crippen LogP contribution in [0.1, 0.15) is 24.3 Å². The van der Waals surface area contributed by atoms with Gasteiger partial charge in [-0.1, -0.05) is 43.3 Å². The summed E-state index contributed by atoms with van der Waals surface area (Å²) in [6.45, 7) is 2.25. The molecule has 0 amide bonds. The second-order valence-electron chi connectivity index (χ2n) is 4.59. The number of rotatable bonds is 2. The van der Waals surface area contributed by atoms with Crippen LogP contribution in [0, 0.1) is 0 Å². The van der Waals surface area contributed by atoms with Crippen LogP contribution in [0.25, 0.3) is 10.8 Å². The van der Waals surface area contributed by atoms with Crippen molar-refractivity contribution < 1.29 is 0 Å². The highest BCUT2D eigenvalue weighted by atomic mass is 32.2. The van der Waals surface area contributed by atoms with Crippen LogP contribution in [-0.4, -0.2) is 11.8 Å². The molecule has 0 bridgehead atoms. The molecule has 2 unspecified atom stereocenters. The van der Waals surface area contributed by atoms with Crippen molar-refractivity contribution in [2.45, 2.75) is 24.8 Å². The first kappa shape index (κ1) is 11.1. The maximum absolute atomic E-state index is 3.68. The van der Waals surface area contributed by atoms with E-state index in [2.05, 4.69) is 54.7 Å². The molecule has 88 valence electrons. The molecule has 2 atom stereocenters. The molecule has 1 nitrogen and oxygen atoms in total. The lowest BCUT2D eigenvalue weighted by atomic mass is 10.1. The van der Waals surface area contributed by atoms with Gasteiger partial charge in [0, 0.05) is 11.8 Å². The summed E-state index contributed by atoms with van der Waals surface area (Å²) in [6, 6.07) is 16.0. The highest BCUT2D eigenvalue weighted by Crippen LogP contribution is 2.34. The number of thioether (sulfide) groups is 1. The molecule has 0 radical (unpaired) electrons. The molecule has 3 rings (SSSR count). The largest absolute Gasteiger partial charge is 0.298 e. The Morgan fingerprint density at radius 2 is 2.00 bits per heavy atom. The van der Waals surface area contributed by atoms with Crippen molar-refractivity contribution in [1.29, 1.82) is 0 Å². The first-order valence-corrected chi connectivity index (χ1v) is 7.28. The SMILES string of the molecule is CCC1CSC(c2ccc3ccccc3c2)N1. The van der Waals surface area contributed by atoms with Crippen molar-refractivity contribution in [3.63, 3.8) is 0 Å². The van der Waals surface area contributed by atoms with Gasteiger partial charge in [0.15, 0.2) is 0 Å². The molecule has 2 heteroatoms. The van der Waals surface area contributed by atoms with Crippen molar-refractivity contribution in [1.82, 2.24) is 5.32 Å². The van der Waals surface area contributed by atoms with Crippen LogP contribution in [0.5, 0.6) is 0 Å². The molecule has 0 spiro atoms. The maximum Gasteiger partial charge on any atom is 0.0792 e. The molecule has 1 saturated heterocycles. The summed E-state index contributed by atoms with van der Waals surface area (Å²) in [5, 5.41) is 6.83. The Morgan fingerprint density at radius 1 is 1.18 bits per heavy atom. The normalized spacial score (nSPS) is 24.3. The topological polar surface area (TPSA) is 12.0 Å². The van der Waals surface area contributed by atoms with Gasteiger partial charge in [-0.25, -0.2) is 0 Å². The lowest BCUT2D eigenvalue weighted by Gasteiger charge is -2.13. The third-order valence-electron chi connectivity index (χ3n) is 3.42. The van der Waals surface area contributed by atoms with Gasteiger partial charge in [0.2, 0.25) is 0 Å². The van der Waals surface area contributed by atoms with Crippen LogP contribution in [0.3, 0.4) is 0 Å². The summed E-state index contributed by atoms with van der Waals surface area (Å²) in [7, 11) is 0. The summed E-state index contributed by atoms with van der Waals surface area (Å²) >= 11 is 2.03. The second kappa shape index (κ2) is 4.71. The fourth-order valence-electron chi connectivity index (χ4n) is 2.32. The van der Waals surface area contributed by atoms with E-state index < -0.39 is 0 Å². The molecule has 2 aromatic rings. The molecule has 1 aliphatic heterocycles. The predicted molar refractivity (Wildman–Crippen MR) is 76.4 cm³/mol. The summed E-state index contributed by atoms with van der Waals surface area (Å²) in [5.41, 5.74) is 1.41. The average molecular weight is 243 g/mol. The van der Waals surface area contributed by atoms with Gasteiger partial charge in [-0.15, -0.1) is 11.8 Å². The number of hydrogen-bond acceptors (Lipinski definition) is 2. The van der Waals surface area contributed by atoms with E-state index in [4.69, 9.17) is 0 Å². The van der Waals surface area contributed by atoms with Gasteiger partial charge < -0.3 is 0 Å². The van der Waals surface area contributed by atoms with Gasteiger partial charge in [-0.2, -0.15) is 0 Å². The average Bonchev–Trinajstić information content (AvgIpc) is 2.87. The number of benzene rings is 2. The van der Waals surface area contributed by atoms with Gasteiger partial charge in [-0.3, -0.25) is 5.32 Å². The quantitative estimate of drug-likeness (QED) is 0.857. The van der Waals surface area contributed by atoms with Crippen molar-refractivity contribution in [2.75, 3.05) is 5.75 Å². The van der Waals surface area contributed by atoms with E-state index in [-0.39, 0.29) is 0 Å². The Bertz CT molecular complexity index is 523. The Hall–Kier alpha value is -0.990. The van der Waals surface area contributed by atoms with Crippen molar-refractivity contribution in [2.24, 2.45) is 0 Å². The van der Waals surface area contributed by atoms with Crippen LogP contribution in [0.15, 0.2) is 42.5 Å². The van der Waals surface area contributed by atoms with E-state index in [1.54, 1.807) is 0 Å². The van der Waals surface area contributed by atoms with Crippen LogP contribution in [-0.2, 0) is 0 Å². The van der Waals surface area contributed by atoms with Gasteiger partial charge in [-0.05, 0) is 28.8 Å². The molecule has 1 aliphatic rings. The van der Waals surface area contributed by atoms with E-state index in [1.165, 1.54) is 28.5 Å². The third kappa shape index (κ3) is 2.20. The molecular weight excluding hydrogens is 226 g/mol. The van der Waals surface area contributed by atoms with Gasteiger partial charge in [0.25, 0.3) is 0 Å². The summed E-state index contributed by atoms with van der Waals surface area (Å²) in [4.78, 5) is 0. The van der Waals surface area contributed by atoms with E-state index >= 15 is 0 Å². The Labute approximate surface area is 107 Å². The molecule has 2 aromatic carbocycles. The van der Waals surface area contributed by atoms with Crippen LogP contribution in [0.2, 0.25) is 0 Å². The molecule has 1 N–H and O–H groups in total. The van der Waals surface area contributed by atoms with Crippen molar-refractivity contribution >= 4 is 22.5 Å². The molecule has 0 aliphatic carbocycles. The minimum atomic E-state index is 0.476. The Balaban J connectivity index is 1.91. The van der Waals surface area contributed by atoms with Gasteiger partial charge in [0.1, 0.15) is 0 Å². The Morgan fingerprint density at radius 3 is 2.76 bits per heavy atom. The van der Waals surface area contributed by atoms with E-state index in [0.29, 0.717) is 11.4 Å². The highest BCUT2D eigenvalue weighted by Gasteiger charge is 2.23. The predicted octanol–water partition coefficient (Wildman–Crippen LogP) is 3.95. The first-order valence-electron chi connectivity index (χ1n) is 6.23. The van der Waals surface area contributed by atoms with Gasteiger partial charge in [0.05, 0.1) is 5.37 Å². The zero-order chi connectivity index (χ0) is 11.7. The number of hydrogen-bond donors (Lipinski definition) is 1. The fraction of sp³-hybridized carbons (Fsp3) is 0.333. The standard InChI is InChI=1S/C15H17NS/c1-2-14-10-17-15(16-14)13-8-7-11-5-3-4-6-12(11)9-13/h3-9,14-16H,2,10H2,1H3. The molecule has 17 heavy (non-hydrogen) atoms. The van der Waals surface area contributed by atoms with E-state index in [9.17, 15) is 0 Å². The lowest BCUT2D eigenvalue weighted by molar-refractivity contribution is 0.561. The molecule has 0 saturated carbocycles. The van der Waals surface area contributed by atoms with E-state index in [0.717, 1.165) is 0 Å². The van der Waals surface area contributed by atoms with Crippen LogP contribution >= 0.6 is 11.8 Å². The maximum atomic E-state index is 3.68. The first-order chi connectivity index (χ1) is 8.36. The summed E-state index contributed by atoms with van der Waals surface area (Å²) in [6.07, 6.45) is 1.22.